The van der Waals surface area contributed by atoms with Gasteiger partial charge in [0.2, 0.25) is 0 Å². The zero-order valence-corrected chi connectivity index (χ0v) is 10.5. The van der Waals surface area contributed by atoms with Crippen molar-refractivity contribution in [3.63, 3.8) is 0 Å². The van der Waals surface area contributed by atoms with E-state index in [2.05, 4.69) is 4.98 Å². The molecule has 98 valence electrons. The number of nitrogens with two attached hydrogens (primary N) is 1. The van der Waals surface area contributed by atoms with Crippen molar-refractivity contribution >= 4 is 17.3 Å². The number of hydrogen-bond acceptors (Lipinski definition) is 3. The second-order valence-electron chi connectivity index (χ2n) is 3.99. The lowest BCUT2D eigenvalue weighted by molar-refractivity contribution is 0.0989. The van der Waals surface area contributed by atoms with Gasteiger partial charge in [0, 0.05) is 30.3 Å². The Morgan fingerprint density at radius 3 is 2.58 bits per heavy atom. The van der Waals surface area contributed by atoms with Crippen LogP contribution in [0.25, 0.3) is 0 Å². The number of halogens is 1. The number of pyridine rings is 1. The second kappa shape index (κ2) is 5.48. The Balaban J connectivity index is 2.35. The topological polar surface area (TPSA) is 59.2 Å². The molecule has 0 unspecified atom stereocenters. The van der Waals surface area contributed by atoms with Crippen molar-refractivity contribution in [3.8, 4) is 0 Å². The van der Waals surface area contributed by atoms with Crippen molar-refractivity contribution < 1.29 is 9.18 Å². The van der Waals surface area contributed by atoms with E-state index in [4.69, 9.17) is 5.73 Å². The second-order valence-corrected chi connectivity index (χ2v) is 3.99. The number of benzene rings is 1. The summed E-state index contributed by atoms with van der Waals surface area (Å²) in [5.41, 5.74) is 7.11. The van der Waals surface area contributed by atoms with Gasteiger partial charge in [-0.05, 0) is 37.3 Å². The SMILES string of the molecule is CCN(C(=O)c1cnccc1N)c1ccc(F)cc1. The molecule has 0 aliphatic heterocycles. The van der Waals surface area contributed by atoms with Crippen molar-refractivity contribution in [3.05, 3.63) is 54.1 Å². The van der Waals surface area contributed by atoms with Gasteiger partial charge < -0.3 is 10.6 Å². The minimum absolute atomic E-state index is 0.250. The van der Waals surface area contributed by atoms with Gasteiger partial charge in [-0.1, -0.05) is 0 Å². The first kappa shape index (κ1) is 13.0. The third-order valence-corrected chi connectivity index (χ3v) is 2.78. The van der Waals surface area contributed by atoms with Crippen LogP contribution in [0.4, 0.5) is 15.8 Å². The highest BCUT2D eigenvalue weighted by Crippen LogP contribution is 2.19. The monoisotopic (exact) mass is 259 g/mol. The molecular formula is C14H14FN3O. The third-order valence-electron chi connectivity index (χ3n) is 2.78. The van der Waals surface area contributed by atoms with Gasteiger partial charge in [0.25, 0.3) is 5.91 Å². The van der Waals surface area contributed by atoms with Crippen LogP contribution in [0.1, 0.15) is 17.3 Å². The first-order valence-corrected chi connectivity index (χ1v) is 5.90. The van der Waals surface area contributed by atoms with Crippen LogP contribution in [-0.2, 0) is 0 Å². The largest absolute Gasteiger partial charge is 0.398 e. The van der Waals surface area contributed by atoms with Crippen molar-refractivity contribution in [2.45, 2.75) is 6.92 Å². The molecule has 1 heterocycles. The van der Waals surface area contributed by atoms with E-state index >= 15 is 0 Å². The molecule has 5 heteroatoms. The van der Waals surface area contributed by atoms with Crippen LogP contribution in [0.15, 0.2) is 42.7 Å². The maximum atomic E-state index is 12.9. The first-order chi connectivity index (χ1) is 9.13. The van der Waals surface area contributed by atoms with Crippen molar-refractivity contribution in [1.82, 2.24) is 4.98 Å². The van der Waals surface area contributed by atoms with E-state index in [9.17, 15) is 9.18 Å². The summed E-state index contributed by atoms with van der Waals surface area (Å²) in [5, 5.41) is 0. The fraction of sp³-hybridized carbons (Fsp3) is 0.143. The van der Waals surface area contributed by atoms with Gasteiger partial charge in [0.1, 0.15) is 5.82 Å². The maximum Gasteiger partial charge on any atom is 0.261 e. The number of aromatic nitrogens is 1. The molecule has 19 heavy (non-hydrogen) atoms. The highest BCUT2D eigenvalue weighted by molar-refractivity contribution is 6.09. The summed E-state index contributed by atoms with van der Waals surface area (Å²) < 4.78 is 12.9. The number of nitrogens with zero attached hydrogens (tertiary/aromatic N) is 2. The predicted octanol–water partition coefficient (Wildman–Crippen LogP) is 2.47. The average molecular weight is 259 g/mol. The molecular weight excluding hydrogens is 245 g/mol. The Labute approximate surface area is 110 Å². The molecule has 2 rings (SSSR count). The van der Waals surface area contributed by atoms with Gasteiger partial charge >= 0.3 is 0 Å². The molecule has 0 fully saturated rings. The lowest BCUT2D eigenvalue weighted by atomic mass is 10.2. The first-order valence-electron chi connectivity index (χ1n) is 5.90. The number of anilines is 2. The van der Waals surface area contributed by atoms with Gasteiger partial charge in [-0.3, -0.25) is 9.78 Å². The Kier molecular flexibility index (Phi) is 3.75. The minimum atomic E-state index is -0.340. The zero-order valence-electron chi connectivity index (χ0n) is 10.5. The number of nitrogen functional groups attached to an aromatic ring is 1. The molecule has 1 aromatic carbocycles. The number of hydrogen-bond donors (Lipinski definition) is 1. The van der Waals surface area contributed by atoms with E-state index in [0.29, 0.717) is 23.5 Å². The predicted molar refractivity (Wildman–Crippen MR) is 72.4 cm³/mol. The molecule has 0 saturated carbocycles. The van der Waals surface area contributed by atoms with Crippen molar-refractivity contribution in [2.75, 3.05) is 17.2 Å². The Bertz CT molecular complexity index is 583. The van der Waals surface area contributed by atoms with Gasteiger partial charge in [-0.25, -0.2) is 4.39 Å². The van der Waals surface area contributed by atoms with E-state index < -0.39 is 0 Å². The van der Waals surface area contributed by atoms with E-state index in [-0.39, 0.29) is 11.7 Å². The summed E-state index contributed by atoms with van der Waals surface area (Å²) in [6.07, 6.45) is 2.96. The Morgan fingerprint density at radius 1 is 1.32 bits per heavy atom. The van der Waals surface area contributed by atoms with E-state index in [0.717, 1.165) is 0 Å². The van der Waals surface area contributed by atoms with Crippen LogP contribution in [0.2, 0.25) is 0 Å². The lowest BCUT2D eigenvalue weighted by Gasteiger charge is -2.21. The maximum absolute atomic E-state index is 12.9. The van der Waals surface area contributed by atoms with Crippen LogP contribution in [0.3, 0.4) is 0 Å². The highest BCUT2D eigenvalue weighted by atomic mass is 19.1. The molecule has 0 atom stereocenters. The van der Waals surface area contributed by atoms with Crippen LogP contribution >= 0.6 is 0 Å². The average Bonchev–Trinajstić information content (AvgIpc) is 2.42. The summed E-state index contributed by atoms with van der Waals surface area (Å²) >= 11 is 0. The molecule has 0 spiro atoms. The van der Waals surface area contributed by atoms with Gasteiger partial charge in [0.05, 0.1) is 5.56 Å². The summed E-state index contributed by atoms with van der Waals surface area (Å²) in [6.45, 7) is 2.30. The van der Waals surface area contributed by atoms with E-state index in [1.54, 1.807) is 18.2 Å². The van der Waals surface area contributed by atoms with Gasteiger partial charge in [-0.2, -0.15) is 0 Å². The number of rotatable bonds is 3. The Hall–Kier alpha value is -2.43. The fourth-order valence-corrected chi connectivity index (χ4v) is 1.79. The van der Waals surface area contributed by atoms with Crippen LogP contribution in [-0.4, -0.2) is 17.4 Å². The molecule has 4 nitrogen and oxygen atoms in total. The normalized spacial score (nSPS) is 10.2. The number of carbonyl (C=O) groups is 1. The minimum Gasteiger partial charge on any atom is -0.398 e. The standard InChI is InChI=1S/C14H14FN3O/c1-2-18(11-5-3-10(15)4-6-11)14(19)12-9-17-8-7-13(12)16/h3-9H,2H2,1H3,(H2,16,17). The quantitative estimate of drug-likeness (QED) is 0.921. The van der Waals surface area contributed by atoms with Crippen molar-refractivity contribution in [2.24, 2.45) is 0 Å². The van der Waals surface area contributed by atoms with E-state index in [1.807, 2.05) is 6.92 Å². The molecule has 1 amide bonds. The molecule has 2 aromatic rings. The summed E-state index contributed by atoms with van der Waals surface area (Å²) in [7, 11) is 0. The summed E-state index contributed by atoms with van der Waals surface area (Å²) in [5.74, 6) is -0.590. The Morgan fingerprint density at radius 2 is 2.00 bits per heavy atom. The van der Waals surface area contributed by atoms with Crippen LogP contribution in [0, 0.1) is 5.82 Å². The summed E-state index contributed by atoms with van der Waals surface area (Å²) in [4.78, 5) is 17.8. The third kappa shape index (κ3) is 2.70. The molecule has 0 bridgehead atoms. The molecule has 2 N–H and O–H groups in total. The molecule has 0 radical (unpaired) electrons. The highest BCUT2D eigenvalue weighted by Gasteiger charge is 2.18. The fourth-order valence-electron chi connectivity index (χ4n) is 1.79. The molecule has 0 saturated heterocycles. The molecule has 1 aromatic heterocycles. The summed E-state index contributed by atoms with van der Waals surface area (Å²) in [6, 6.07) is 7.33. The molecule has 0 aliphatic rings. The lowest BCUT2D eigenvalue weighted by Crippen LogP contribution is -2.31. The van der Waals surface area contributed by atoms with Crippen LogP contribution in [0.5, 0.6) is 0 Å². The number of amides is 1. The van der Waals surface area contributed by atoms with Crippen LogP contribution < -0.4 is 10.6 Å². The zero-order chi connectivity index (χ0) is 13.8. The smallest absolute Gasteiger partial charge is 0.261 e. The molecule has 0 aliphatic carbocycles. The number of carbonyl (C=O) groups excluding carboxylic acids is 1. The van der Waals surface area contributed by atoms with Gasteiger partial charge in [0.15, 0.2) is 0 Å². The van der Waals surface area contributed by atoms with E-state index in [1.165, 1.54) is 29.4 Å². The van der Waals surface area contributed by atoms with Gasteiger partial charge in [-0.15, -0.1) is 0 Å². The van der Waals surface area contributed by atoms with Crippen molar-refractivity contribution in [1.29, 1.82) is 0 Å².